The van der Waals surface area contributed by atoms with Crippen LogP contribution in [0.4, 0.5) is 0 Å². The van der Waals surface area contributed by atoms with Gasteiger partial charge in [-0.2, -0.15) is 5.10 Å². The predicted octanol–water partition coefficient (Wildman–Crippen LogP) is 5.34. The monoisotopic (exact) mass is 416 g/mol. The third kappa shape index (κ3) is 5.38. The van der Waals surface area contributed by atoms with Crippen molar-refractivity contribution in [1.82, 2.24) is 5.43 Å². The Morgan fingerprint density at radius 2 is 1.89 bits per heavy atom. The van der Waals surface area contributed by atoms with Gasteiger partial charge in [0.25, 0.3) is 0 Å². The third-order valence-electron chi connectivity index (χ3n) is 3.81. The van der Waals surface area contributed by atoms with Crippen molar-refractivity contribution in [3.8, 4) is 17.1 Å². The Balaban J connectivity index is 1.55. The van der Waals surface area contributed by atoms with Crippen LogP contribution in [0.2, 0.25) is 10.0 Å². The molecule has 0 unspecified atom stereocenters. The quantitative estimate of drug-likeness (QED) is 0.417. The first kappa shape index (κ1) is 20.0. The van der Waals surface area contributed by atoms with Crippen LogP contribution in [0.15, 0.2) is 64.1 Å². The zero-order valence-corrected chi connectivity index (χ0v) is 16.6. The summed E-state index contributed by atoms with van der Waals surface area (Å²) in [5, 5.41) is 4.86. The van der Waals surface area contributed by atoms with Crippen LogP contribution in [-0.2, 0) is 11.2 Å². The van der Waals surface area contributed by atoms with Crippen LogP contribution in [0, 0.1) is 0 Å². The fraction of sp³-hybridized carbons (Fsp3) is 0.143. The van der Waals surface area contributed by atoms with E-state index in [9.17, 15) is 4.79 Å². The highest BCUT2D eigenvalue weighted by atomic mass is 35.5. The second kappa shape index (κ2) is 9.44. The van der Waals surface area contributed by atoms with E-state index < -0.39 is 0 Å². The minimum Gasteiger partial charge on any atom is -0.494 e. The van der Waals surface area contributed by atoms with Crippen molar-refractivity contribution < 1.29 is 13.9 Å². The van der Waals surface area contributed by atoms with Gasteiger partial charge >= 0.3 is 0 Å². The standard InChI is InChI=1S/C21H18Cl2N2O3/c1-2-27-16-6-3-14(4-7-16)11-21(26)25-24-13-17-8-10-20(28-17)15-5-9-18(22)19(23)12-15/h3-10,12-13H,2,11H2,1H3,(H,25,26)/b24-13-. The molecule has 0 bridgehead atoms. The Labute approximate surface area is 172 Å². The van der Waals surface area contributed by atoms with Gasteiger partial charge in [0.05, 0.1) is 29.3 Å². The maximum absolute atomic E-state index is 12.0. The van der Waals surface area contributed by atoms with Crippen molar-refractivity contribution in [2.45, 2.75) is 13.3 Å². The fourth-order valence-electron chi connectivity index (χ4n) is 2.49. The molecule has 7 heteroatoms. The predicted molar refractivity (Wildman–Crippen MR) is 111 cm³/mol. The number of hydrogen-bond donors (Lipinski definition) is 1. The van der Waals surface area contributed by atoms with E-state index in [1.54, 1.807) is 24.3 Å². The van der Waals surface area contributed by atoms with E-state index in [4.69, 9.17) is 32.4 Å². The summed E-state index contributed by atoms with van der Waals surface area (Å²) in [5.74, 6) is 1.68. The van der Waals surface area contributed by atoms with E-state index in [-0.39, 0.29) is 12.3 Å². The molecule has 0 saturated heterocycles. The molecule has 1 N–H and O–H groups in total. The lowest BCUT2D eigenvalue weighted by Crippen LogP contribution is -2.19. The van der Waals surface area contributed by atoms with Crippen LogP contribution in [0.3, 0.4) is 0 Å². The van der Waals surface area contributed by atoms with Crippen LogP contribution >= 0.6 is 23.2 Å². The summed E-state index contributed by atoms with van der Waals surface area (Å²) in [5.41, 5.74) is 4.16. The van der Waals surface area contributed by atoms with Gasteiger partial charge in [0.15, 0.2) is 0 Å². The van der Waals surface area contributed by atoms with Gasteiger partial charge in [-0.05, 0) is 55.0 Å². The molecule has 2 aromatic carbocycles. The number of rotatable bonds is 7. The summed E-state index contributed by atoms with van der Waals surface area (Å²) >= 11 is 11.9. The summed E-state index contributed by atoms with van der Waals surface area (Å²) in [4.78, 5) is 12.0. The van der Waals surface area contributed by atoms with Gasteiger partial charge in [-0.3, -0.25) is 4.79 Å². The average Bonchev–Trinajstić information content (AvgIpc) is 3.15. The lowest BCUT2D eigenvalue weighted by Gasteiger charge is -2.04. The summed E-state index contributed by atoms with van der Waals surface area (Å²) in [6.07, 6.45) is 1.66. The second-order valence-electron chi connectivity index (χ2n) is 5.88. The van der Waals surface area contributed by atoms with Gasteiger partial charge in [-0.15, -0.1) is 0 Å². The van der Waals surface area contributed by atoms with E-state index in [2.05, 4.69) is 10.5 Å². The van der Waals surface area contributed by atoms with Gasteiger partial charge in [0, 0.05) is 5.56 Å². The van der Waals surface area contributed by atoms with Gasteiger partial charge < -0.3 is 9.15 Å². The number of benzene rings is 2. The molecule has 0 aliphatic rings. The number of nitrogens with zero attached hydrogens (tertiary/aromatic N) is 1. The molecule has 5 nitrogen and oxygen atoms in total. The molecule has 0 spiro atoms. The number of hydrazone groups is 1. The second-order valence-corrected chi connectivity index (χ2v) is 6.69. The molecule has 0 saturated carbocycles. The number of carbonyl (C=O) groups is 1. The molecule has 3 rings (SSSR count). The molecule has 1 amide bonds. The SMILES string of the molecule is CCOc1ccc(CC(=O)N/N=C\c2ccc(-c3ccc(Cl)c(Cl)c3)o2)cc1. The summed E-state index contributed by atoms with van der Waals surface area (Å²) in [7, 11) is 0. The summed E-state index contributed by atoms with van der Waals surface area (Å²) in [6, 6.07) is 16.2. The maximum atomic E-state index is 12.0. The topological polar surface area (TPSA) is 63.8 Å². The Morgan fingerprint density at radius 3 is 2.61 bits per heavy atom. The molecule has 1 heterocycles. The van der Waals surface area contributed by atoms with Crippen molar-refractivity contribution in [2.24, 2.45) is 5.10 Å². The smallest absolute Gasteiger partial charge is 0.244 e. The summed E-state index contributed by atoms with van der Waals surface area (Å²) < 4.78 is 11.1. The largest absolute Gasteiger partial charge is 0.494 e. The highest BCUT2D eigenvalue weighted by Crippen LogP contribution is 2.29. The van der Waals surface area contributed by atoms with Gasteiger partial charge in [0.2, 0.25) is 5.91 Å². The van der Waals surface area contributed by atoms with Crippen LogP contribution in [-0.4, -0.2) is 18.7 Å². The van der Waals surface area contributed by atoms with E-state index in [1.165, 1.54) is 6.21 Å². The number of furan rings is 1. The lowest BCUT2D eigenvalue weighted by molar-refractivity contribution is -0.120. The lowest BCUT2D eigenvalue weighted by atomic mass is 10.1. The van der Waals surface area contributed by atoms with Gasteiger partial charge in [-0.25, -0.2) is 5.43 Å². The van der Waals surface area contributed by atoms with Crippen molar-refractivity contribution in [3.05, 3.63) is 76.0 Å². The van der Waals surface area contributed by atoms with E-state index in [0.29, 0.717) is 28.2 Å². The first-order chi connectivity index (χ1) is 13.5. The van der Waals surface area contributed by atoms with Crippen LogP contribution in [0.25, 0.3) is 11.3 Å². The van der Waals surface area contributed by atoms with Crippen LogP contribution in [0.1, 0.15) is 18.2 Å². The molecular formula is C21H18Cl2N2O3. The molecule has 28 heavy (non-hydrogen) atoms. The number of nitrogens with one attached hydrogen (secondary N) is 1. The molecule has 0 radical (unpaired) electrons. The summed E-state index contributed by atoms with van der Waals surface area (Å²) in [6.45, 7) is 2.53. The number of hydrogen-bond acceptors (Lipinski definition) is 4. The normalized spacial score (nSPS) is 11.0. The maximum Gasteiger partial charge on any atom is 0.244 e. The average molecular weight is 417 g/mol. The van der Waals surface area contributed by atoms with Gasteiger partial charge in [-0.1, -0.05) is 35.3 Å². The van der Waals surface area contributed by atoms with Crippen molar-refractivity contribution in [1.29, 1.82) is 0 Å². The fourth-order valence-corrected chi connectivity index (χ4v) is 2.79. The highest BCUT2D eigenvalue weighted by molar-refractivity contribution is 6.42. The molecule has 0 aliphatic carbocycles. The van der Waals surface area contributed by atoms with Crippen LogP contribution < -0.4 is 10.2 Å². The first-order valence-corrected chi connectivity index (χ1v) is 9.39. The zero-order chi connectivity index (χ0) is 19.9. The molecule has 3 aromatic rings. The molecule has 144 valence electrons. The Bertz CT molecular complexity index is 982. The minimum absolute atomic E-state index is 0.219. The van der Waals surface area contributed by atoms with Crippen molar-refractivity contribution in [2.75, 3.05) is 6.61 Å². The number of carbonyl (C=O) groups excluding carboxylic acids is 1. The molecule has 0 aliphatic heterocycles. The van der Waals surface area contributed by atoms with Crippen LogP contribution in [0.5, 0.6) is 5.75 Å². The number of amides is 1. The van der Waals surface area contributed by atoms with Crippen molar-refractivity contribution >= 4 is 35.3 Å². The highest BCUT2D eigenvalue weighted by Gasteiger charge is 2.07. The van der Waals surface area contributed by atoms with Crippen molar-refractivity contribution in [3.63, 3.8) is 0 Å². The minimum atomic E-state index is -0.225. The van der Waals surface area contributed by atoms with E-state index in [1.807, 2.05) is 37.3 Å². The van der Waals surface area contributed by atoms with E-state index >= 15 is 0 Å². The molecular weight excluding hydrogens is 399 g/mol. The Morgan fingerprint density at radius 1 is 1.11 bits per heavy atom. The number of ether oxygens (including phenoxy) is 1. The molecule has 0 fully saturated rings. The van der Waals surface area contributed by atoms with Gasteiger partial charge in [0.1, 0.15) is 17.3 Å². The first-order valence-electron chi connectivity index (χ1n) is 8.64. The Hall–Kier alpha value is -2.76. The molecule has 1 aromatic heterocycles. The number of halogens is 2. The third-order valence-corrected chi connectivity index (χ3v) is 4.55. The van der Waals surface area contributed by atoms with E-state index in [0.717, 1.165) is 16.9 Å². The Kier molecular flexibility index (Phi) is 6.74. The zero-order valence-electron chi connectivity index (χ0n) is 15.1. The molecule has 0 atom stereocenters.